The maximum atomic E-state index is 12.4. The summed E-state index contributed by atoms with van der Waals surface area (Å²) >= 11 is 0. The molecule has 1 aliphatic rings. The van der Waals surface area contributed by atoms with Crippen LogP contribution in [0, 0.1) is 0 Å². The summed E-state index contributed by atoms with van der Waals surface area (Å²) in [5.41, 5.74) is -0.875. The van der Waals surface area contributed by atoms with Crippen LogP contribution in [0.5, 0.6) is 0 Å². The molecule has 0 bridgehead atoms. The van der Waals surface area contributed by atoms with Crippen LogP contribution in [0.25, 0.3) is 0 Å². The number of hydrogen-bond donors (Lipinski definition) is 1. The molecular formula is C13H17F3N2O3S. The van der Waals surface area contributed by atoms with Crippen LogP contribution in [0.15, 0.2) is 29.2 Å². The van der Waals surface area contributed by atoms with Crippen molar-refractivity contribution in [3.63, 3.8) is 0 Å². The fraction of sp³-hybridized carbons (Fsp3) is 0.538. The molecule has 1 aromatic rings. The van der Waals surface area contributed by atoms with E-state index in [2.05, 4.69) is 9.62 Å². The molecule has 2 rings (SSSR count). The summed E-state index contributed by atoms with van der Waals surface area (Å²) in [5.74, 6) is 0. The lowest BCUT2D eigenvalue weighted by atomic mass is 10.2. The molecule has 1 saturated heterocycles. The molecule has 1 N–H and O–H groups in total. The van der Waals surface area contributed by atoms with Crippen molar-refractivity contribution in [1.29, 1.82) is 0 Å². The second kappa shape index (κ2) is 6.95. The highest BCUT2D eigenvalue weighted by Gasteiger charge is 2.30. The molecule has 0 aliphatic carbocycles. The molecule has 1 aromatic carbocycles. The van der Waals surface area contributed by atoms with Gasteiger partial charge in [-0.2, -0.15) is 13.2 Å². The zero-order chi connectivity index (χ0) is 16.2. The summed E-state index contributed by atoms with van der Waals surface area (Å²) in [7, 11) is -3.80. The van der Waals surface area contributed by atoms with Gasteiger partial charge in [-0.25, -0.2) is 13.1 Å². The molecule has 5 nitrogen and oxygen atoms in total. The van der Waals surface area contributed by atoms with Crippen molar-refractivity contribution in [3.05, 3.63) is 29.8 Å². The van der Waals surface area contributed by atoms with Gasteiger partial charge in [-0.15, -0.1) is 0 Å². The van der Waals surface area contributed by atoms with E-state index in [1.54, 1.807) is 0 Å². The largest absolute Gasteiger partial charge is 0.416 e. The predicted octanol–water partition coefficient (Wildman–Crippen LogP) is 1.32. The fourth-order valence-electron chi connectivity index (χ4n) is 2.07. The Hall–Kier alpha value is -1.16. The van der Waals surface area contributed by atoms with Gasteiger partial charge >= 0.3 is 6.18 Å². The molecule has 0 aromatic heterocycles. The molecule has 0 radical (unpaired) electrons. The molecule has 0 saturated carbocycles. The Morgan fingerprint density at radius 3 is 2.27 bits per heavy atom. The third-order valence-electron chi connectivity index (χ3n) is 3.32. The van der Waals surface area contributed by atoms with E-state index in [1.165, 1.54) is 0 Å². The minimum Gasteiger partial charge on any atom is -0.379 e. The fourth-order valence-corrected chi connectivity index (χ4v) is 3.09. The Balaban J connectivity index is 1.92. The zero-order valence-corrected chi connectivity index (χ0v) is 12.6. The second-order valence-corrected chi connectivity index (χ2v) is 6.64. The molecule has 1 aliphatic heterocycles. The topological polar surface area (TPSA) is 58.6 Å². The van der Waals surface area contributed by atoms with Gasteiger partial charge in [-0.1, -0.05) is 0 Å². The number of hydrogen-bond acceptors (Lipinski definition) is 4. The van der Waals surface area contributed by atoms with E-state index >= 15 is 0 Å². The number of ether oxygens (including phenoxy) is 1. The van der Waals surface area contributed by atoms with E-state index in [0.29, 0.717) is 19.8 Å². The molecule has 124 valence electrons. The molecule has 0 atom stereocenters. The monoisotopic (exact) mass is 338 g/mol. The molecule has 0 amide bonds. The molecule has 0 spiro atoms. The van der Waals surface area contributed by atoms with Crippen LogP contribution in [-0.2, 0) is 20.9 Å². The molecule has 1 fully saturated rings. The minimum atomic E-state index is -4.48. The predicted molar refractivity (Wildman–Crippen MR) is 73.9 cm³/mol. The Morgan fingerprint density at radius 1 is 1.14 bits per heavy atom. The van der Waals surface area contributed by atoms with E-state index in [0.717, 1.165) is 37.4 Å². The third kappa shape index (κ3) is 4.67. The lowest BCUT2D eigenvalue weighted by Crippen LogP contribution is -2.41. The highest BCUT2D eigenvalue weighted by atomic mass is 32.2. The molecular weight excluding hydrogens is 321 g/mol. The number of alkyl halides is 3. The van der Waals surface area contributed by atoms with Crippen LogP contribution in [0.2, 0.25) is 0 Å². The number of sulfonamides is 1. The van der Waals surface area contributed by atoms with Crippen molar-refractivity contribution >= 4 is 10.0 Å². The molecule has 0 unspecified atom stereocenters. The van der Waals surface area contributed by atoms with Crippen LogP contribution in [-0.4, -0.2) is 52.7 Å². The minimum absolute atomic E-state index is 0.178. The molecule has 9 heteroatoms. The Labute approximate surface area is 127 Å². The zero-order valence-electron chi connectivity index (χ0n) is 11.8. The lowest BCUT2D eigenvalue weighted by molar-refractivity contribution is -0.137. The quantitative estimate of drug-likeness (QED) is 0.880. The number of halogens is 3. The van der Waals surface area contributed by atoms with Crippen molar-refractivity contribution in [2.24, 2.45) is 0 Å². The average molecular weight is 338 g/mol. The molecule has 1 heterocycles. The van der Waals surface area contributed by atoms with Crippen molar-refractivity contribution in [2.75, 3.05) is 39.4 Å². The first kappa shape index (κ1) is 17.2. The van der Waals surface area contributed by atoms with Gasteiger partial charge in [0.2, 0.25) is 10.0 Å². The van der Waals surface area contributed by atoms with Gasteiger partial charge < -0.3 is 4.74 Å². The first-order valence-corrected chi connectivity index (χ1v) is 8.24. The first-order valence-electron chi connectivity index (χ1n) is 6.76. The number of morpholine rings is 1. The van der Waals surface area contributed by atoms with Crippen LogP contribution in [0.3, 0.4) is 0 Å². The van der Waals surface area contributed by atoms with Crippen molar-refractivity contribution in [1.82, 2.24) is 9.62 Å². The maximum Gasteiger partial charge on any atom is 0.416 e. The number of nitrogens with one attached hydrogen (secondary N) is 1. The van der Waals surface area contributed by atoms with E-state index in [9.17, 15) is 21.6 Å². The van der Waals surface area contributed by atoms with Crippen LogP contribution >= 0.6 is 0 Å². The first-order chi connectivity index (χ1) is 10.3. The second-order valence-electron chi connectivity index (χ2n) is 4.87. The van der Waals surface area contributed by atoms with Gasteiger partial charge in [-0.3, -0.25) is 4.90 Å². The Bertz CT molecular complexity index is 582. The van der Waals surface area contributed by atoms with Gasteiger partial charge in [0.15, 0.2) is 0 Å². The van der Waals surface area contributed by atoms with Crippen molar-refractivity contribution < 1.29 is 26.3 Å². The smallest absolute Gasteiger partial charge is 0.379 e. The van der Waals surface area contributed by atoms with Crippen molar-refractivity contribution in [3.8, 4) is 0 Å². The highest BCUT2D eigenvalue weighted by Crippen LogP contribution is 2.29. The maximum absolute atomic E-state index is 12.4. The number of benzene rings is 1. The SMILES string of the molecule is O=S(=O)(NCCN1CCOCC1)c1ccc(C(F)(F)F)cc1. The Kier molecular flexibility index (Phi) is 5.43. The van der Waals surface area contributed by atoms with Gasteiger partial charge in [0.25, 0.3) is 0 Å². The van der Waals surface area contributed by atoms with Crippen LogP contribution in [0.1, 0.15) is 5.56 Å². The van der Waals surface area contributed by atoms with Crippen LogP contribution in [0.4, 0.5) is 13.2 Å². The summed E-state index contributed by atoms with van der Waals surface area (Å²) in [4.78, 5) is 1.88. The van der Waals surface area contributed by atoms with Gasteiger partial charge in [0.1, 0.15) is 0 Å². The molecule has 22 heavy (non-hydrogen) atoms. The van der Waals surface area contributed by atoms with Crippen molar-refractivity contribution in [2.45, 2.75) is 11.1 Å². The van der Waals surface area contributed by atoms with Gasteiger partial charge in [-0.05, 0) is 24.3 Å². The standard InChI is InChI=1S/C13H17F3N2O3S/c14-13(15,16)11-1-3-12(4-2-11)22(19,20)17-5-6-18-7-9-21-10-8-18/h1-4,17H,5-10H2. The van der Waals surface area contributed by atoms with Gasteiger partial charge in [0.05, 0.1) is 23.7 Å². The summed E-state index contributed by atoms with van der Waals surface area (Å²) < 4.78 is 68.9. The summed E-state index contributed by atoms with van der Waals surface area (Å²) in [6.07, 6.45) is -4.48. The normalized spacial score (nSPS) is 17.6. The lowest BCUT2D eigenvalue weighted by Gasteiger charge is -2.26. The number of nitrogens with zero attached hydrogens (tertiary/aromatic N) is 1. The van der Waals surface area contributed by atoms with E-state index in [-0.39, 0.29) is 11.4 Å². The van der Waals surface area contributed by atoms with Crippen LogP contribution < -0.4 is 4.72 Å². The third-order valence-corrected chi connectivity index (χ3v) is 4.79. The summed E-state index contributed by atoms with van der Waals surface area (Å²) in [6.45, 7) is 3.44. The summed E-state index contributed by atoms with van der Waals surface area (Å²) in [5, 5.41) is 0. The van der Waals surface area contributed by atoms with E-state index in [1.807, 2.05) is 0 Å². The van der Waals surface area contributed by atoms with Gasteiger partial charge in [0, 0.05) is 26.2 Å². The number of rotatable bonds is 5. The van der Waals surface area contributed by atoms with E-state index < -0.39 is 21.8 Å². The summed E-state index contributed by atoms with van der Waals surface area (Å²) in [6, 6.07) is 3.44. The van der Waals surface area contributed by atoms with E-state index in [4.69, 9.17) is 4.74 Å². The average Bonchev–Trinajstić information content (AvgIpc) is 2.47. The highest BCUT2D eigenvalue weighted by molar-refractivity contribution is 7.89. The Morgan fingerprint density at radius 2 is 1.73 bits per heavy atom.